The zero-order chi connectivity index (χ0) is 11.8. The Morgan fingerprint density at radius 2 is 2.06 bits per heavy atom. The van der Waals surface area contributed by atoms with Gasteiger partial charge < -0.3 is 10.1 Å². The number of rotatable bonds is 2. The summed E-state index contributed by atoms with van der Waals surface area (Å²) in [5, 5.41) is 3.25. The van der Waals surface area contributed by atoms with E-state index in [1.807, 2.05) is 20.8 Å². The minimum atomic E-state index is -0.372. The molecular formula is C12H22N2O2. The molecule has 2 aliphatic rings. The summed E-state index contributed by atoms with van der Waals surface area (Å²) in [6, 6.07) is 0.534. The third-order valence-corrected chi connectivity index (χ3v) is 3.20. The van der Waals surface area contributed by atoms with E-state index in [0.717, 1.165) is 32.5 Å². The Hall–Kier alpha value is -0.610. The number of esters is 1. The molecule has 2 fully saturated rings. The van der Waals surface area contributed by atoms with Gasteiger partial charge in [-0.1, -0.05) is 0 Å². The fraction of sp³-hybridized carbons (Fsp3) is 0.917. The number of ether oxygens (including phenoxy) is 1. The van der Waals surface area contributed by atoms with E-state index < -0.39 is 0 Å². The van der Waals surface area contributed by atoms with Crippen molar-refractivity contribution in [3.05, 3.63) is 0 Å². The molecule has 2 rings (SSSR count). The van der Waals surface area contributed by atoms with Crippen LogP contribution in [0.5, 0.6) is 0 Å². The van der Waals surface area contributed by atoms with Gasteiger partial charge in [-0.2, -0.15) is 0 Å². The Morgan fingerprint density at radius 3 is 2.56 bits per heavy atom. The summed E-state index contributed by atoms with van der Waals surface area (Å²) in [6.07, 6.45) is 2.06. The average Bonchev–Trinajstić information content (AvgIpc) is 2.45. The van der Waals surface area contributed by atoms with Crippen molar-refractivity contribution in [3.8, 4) is 0 Å². The van der Waals surface area contributed by atoms with Gasteiger partial charge in [0.25, 0.3) is 0 Å². The fourth-order valence-corrected chi connectivity index (χ4v) is 2.36. The summed E-state index contributed by atoms with van der Waals surface area (Å²) < 4.78 is 5.47. The van der Waals surface area contributed by atoms with E-state index in [1.165, 1.54) is 0 Å². The van der Waals surface area contributed by atoms with Gasteiger partial charge in [-0.25, -0.2) is 0 Å². The SMILES string of the molecule is CC(C)(C)OC(=O)[C@@H]1CCCN1C1CNC1. The monoisotopic (exact) mass is 226 g/mol. The minimum absolute atomic E-state index is 0.00803. The maximum absolute atomic E-state index is 12.0. The van der Waals surface area contributed by atoms with Gasteiger partial charge in [0.15, 0.2) is 0 Å². The van der Waals surface area contributed by atoms with Crippen molar-refractivity contribution in [2.45, 2.75) is 51.3 Å². The lowest BCUT2D eigenvalue weighted by Gasteiger charge is -2.38. The Labute approximate surface area is 97.3 Å². The van der Waals surface area contributed by atoms with Gasteiger partial charge in [-0.05, 0) is 40.2 Å². The predicted molar refractivity (Wildman–Crippen MR) is 62.2 cm³/mol. The van der Waals surface area contributed by atoms with Crippen molar-refractivity contribution in [1.29, 1.82) is 0 Å². The topological polar surface area (TPSA) is 41.6 Å². The van der Waals surface area contributed by atoms with Crippen LogP contribution in [0.25, 0.3) is 0 Å². The summed E-state index contributed by atoms with van der Waals surface area (Å²) in [5.41, 5.74) is -0.372. The molecule has 1 atom stereocenters. The quantitative estimate of drug-likeness (QED) is 0.706. The zero-order valence-corrected chi connectivity index (χ0v) is 10.5. The number of hydrogen-bond donors (Lipinski definition) is 1. The molecule has 0 amide bonds. The molecule has 0 spiro atoms. The van der Waals surface area contributed by atoms with Gasteiger partial charge >= 0.3 is 5.97 Å². The molecule has 0 radical (unpaired) electrons. The maximum Gasteiger partial charge on any atom is 0.323 e. The largest absolute Gasteiger partial charge is 0.459 e. The van der Waals surface area contributed by atoms with Gasteiger partial charge in [0, 0.05) is 19.1 Å². The summed E-state index contributed by atoms with van der Waals surface area (Å²) >= 11 is 0. The lowest BCUT2D eigenvalue weighted by molar-refractivity contribution is -0.161. The smallest absolute Gasteiger partial charge is 0.323 e. The standard InChI is InChI=1S/C12H22N2O2/c1-12(2,3)16-11(15)10-5-4-6-14(10)9-7-13-8-9/h9-10,13H,4-8H2,1-3H3/t10-/m0/s1. The molecule has 4 heteroatoms. The molecule has 0 saturated carbocycles. The van der Waals surface area contributed by atoms with Crippen LogP contribution < -0.4 is 5.32 Å². The Kier molecular flexibility index (Phi) is 3.22. The molecule has 16 heavy (non-hydrogen) atoms. The first-order valence-corrected chi connectivity index (χ1v) is 6.17. The minimum Gasteiger partial charge on any atom is -0.459 e. The second kappa shape index (κ2) is 4.34. The lowest BCUT2D eigenvalue weighted by atomic mass is 10.1. The molecule has 4 nitrogen and oxygen atoms in total. The van der Waals surface area contributed by atoms with Crippen molar-refractivity contribution in [2.75, 3.05) is 19.6 Å². The van der Waals surface area contributed by atoms with Crippen LogP contribution in [0.4, 0.5) is 0 Å². The summed E-state index contributed by atoms with van der Waals surface area (Å²) in [5.74, 6) is -0.0445. The number of nitrogens with one attached hydrogen (secondary N) is 1. The second-order valence-corrected chi connectivity index (χ2v) is 5.74. The maximum atomic E-state index is 12.0. The van der Waals surface area contributed by atoms with Crippen LogP contribution in [0.1, 0.15) is 33.6 Å². The van der Waals surface area contributed by atoms with Crippen molar-refractivity contribution >= 4 is 5.97 Å². The molecule has 0 bridgehead atoms. The van der Waals surface area contributed by atoms with Crippen LogP contribution in [0, 0.1) is 0 Å². The fourth-order valence-electron chi connectivity index (χ4n) is 2.36. The van der Waals surface area contributed by atoms with Gasteiger partial charge in [0.05, 0.1) is 0 Å². The van der Waals surface area contributed by atoms with Crippen molar-refractivity contribution in [3.63, 3.8) is 0 Å². The van der Waals surface area contributed by atoms with Crippen molar-refractivity contribution in [1.82, 2.24) is 10.2 Å². The van der Waals surface area contributed by atoms with Crippen LogP contribution in [0.3, 0.4) is 0 Å². The first-order chi connectivity index (χ1) is 7.47. The van der Waals surface area contributed by atoms with Crippen LogP contribution >= 0.6 is 0 Å². The van der Waals surface area contributed by atoms with E-state index in [1.54, 1.807) is 0 Å². The number of hydrogen-bond acceptors (Lipinski definition) is 4. The van der Waals surface area contributed by atoms with Crippen LogP contribution in [0.15, 0.2) is 0 Å². The van der Waals surface area contributed by atoms with E-state index in [-0.39, 0.29) is 17.6 Å². The van der Waals surface area contributed by atoms with Crippen LogP contribution in [0.2, 0.25) is 0 Å². The summed E-state index contributed by atoms with van der Waals surface area (Å²) in [6.45, 7) is 8.84. The Bertz CT molecular complexity index is 269. The molecule has 2 saturated heterocycles. The van der Waals surface area contributed by atoms with E-state index in [0.29, 0.717) is 6.04 Å². The lowest BCUT2D eigenvalue weighted by Crippen LogP contribution is -2.60. The third kappa shape index (κ3) is 2.55. The number of likely N-dealkylation sites (tertiary alicyclic amines) is 1. The highest BCUT2D eigenvalue weighted by Crippen LogP contribution is 2.24. The average molecular weight is 226 g/mol. The first-order valence-electron chi connectivity index (χ1n) is 6.17. The molecule has 0 aromatic rings. The number of carbonyl (C=O) groups is 1. The molecular weight excluding hydrogens is 204 g/mol. The number of nitrogens with zero attached hydrogens (tertiary/aromatic N) is 1. The zero-order valence-electron chi connectivity index (χ0n) is 10.5. The molecule has 0 unspecified atom stereocenters. The van der Waals surface area contributed by atoms with E-state index >= 15 is 0 Å². The molecule has 0 aromatic carbocycles. The molecule has 2 aliphatic heterocycles. The second-order valence-electron chi connectivity index (χ2n) is 5.74. The summed E-state index contributed by atoms with van der Waals surface area (Å²) in [4.78, 5) is 14.3. The Morgan fingerprint density at radius 1 is 1.38 bits per heavy atom. The van der Waals surface area contributed by atoms with Gasteiger partial charge in [0.2, 0.25) is 0 Å². The predicted octanol–water partition coefficient (Wildman–Crippen LogP) is 0.764. The van der Waals surface area contributed by atoms with E-state index in [4.69, 9.17) is 4.74 Å². The Balaban J connectivity index is 1.94. The van der Waals surface area contributed by atoms with E-state index in [2.05, 4.69) is 10.2 Å². The van der Waals surface area contributed by atoms with Crippen LogP contribution in [-0.2, 0) is 9.53 Å². The molecule has 0 aliphatic carbocycles. The van der Waals surface area contributed by atoms with Gasteiger partial charge in [0.1, 0.15) is 11.6 Å². The molecule has 92 valence electrons. The summed E-state index contributed by atoms with van der Waals surface area (Å²) in [7, 11) is 0. The van der Waals surface area contributed by atoms with Gasteiger partial charge in [-0.3, -0.25) is 9.69 Å². The first kappa shape index (κ1) is 11.9. The third-order valence-electron chi connectivity index (χ3n) is 3.20. The highest BCUT2D eigenvalue weighted by molar-refractivity contribution is 5.76. The van der Waals surface area contributed by atoms with Crippen molar-refractivity contribution in [2.24, 2.45) is 0 Å². The normalized spacial score (nSPS) is 27.8. The highest BCUT2D eigenvalue weighted by atomic mass is 16.6. The molecule has 1 N–H and O–H groups in total. The van der Waals surface area contributed by atoms with Gasteiger partial charge in [-0.15, -0.1) is 0 Å². The van der Waals surface area contributed by atoms with Crippen LogP contribution in [-0.4, -0.2) is 48.2 Å². The van der Waals surface area contributed by atoms with E-state index in [9.17, 15) is 4.79 Å². The molecule has 0 aromatic heterocycles. The highest BCUT2D eigenvalue weighted by Gasteiger charge is 2.39. The number of carbonyl (C=O) groups excluding carboxylic acids is 1. The molecule has 2 heterocycles. The van der Waals surface area contributed by atoms with Crippen molar-refractivity contribution < 1.29 is 9.53 Å².